The van der Waals surface area contributed by atoms with Crippen LogP contribution >= 0.6 is 0 Å². The summed E-state index contributed by atoms with van der Waals surface area (Å²) in [5.41, 5.74) is 3.92. The van der Waals surface area contributed by atoms with E-state index in [-0.39, 0.29) is 5.69 Å². The summed E-state index contributed by atoms with van der Waals surface area (Å²) in [4.78, 5) is 16.7. The van der Waals surface area contributed by atoms with Gasteiger partial charge in [0.25, 0.3) is 0 Å². The van der Waals surface area contributed by atoms with Crippen molar-refractivity contribution in [3.05, 3.63) is 47.8 Å². The fourth-order valence-corrected chi connectivity index (χ4v) is 1.96. The van der Waals surface area contributed by atoms with E-state index >= 15 is 0 Å². The van der Waals surface area contributed by atoms with Crippen molar-refractivity contribution in [3.8, 4) is 0 Å². The Morgan fingerprint density at radius 1 is 1.20 bits per heavy atom. The Kier molecular flexibility index (Phi) is 3.89. The van der Waals surface area contributed by atoms with Crippen molar-refractivity contribution in [1.82, 2.24) is 4.98 Å². The molecule has 20 heavy (non-hydrogen) atoms. The molecule has 0 radical (unpaired) electrons. The molecule has 0 bridgehead atoms. The van der Waals surface area contributed by atoms with Crippen molar-refractivity contribution in [2.24, 2.45) is 0 Å². The minimum absolute atomic E-state index is 0.0231. The number of anilines is 3. The monoisotopic (exact) mass is 271 g/mol. The molecule has 0 aliphatic heterocycles. The molecule has 0 amide bonds. The summed E-state index contributed by atoms with van der Waals surface area (Å²) >= 11 is 0. The van der Waals surface area contributed by atoms with E-state index in [1.807, 2.05) is 44.1 Å². The molecular formula is C15H17N3O2. The van der Waals surface area contributed by atoms with E-state index < -0.39 is 5.97 Å². The zero-order chi connectivity index (χ0) is 14.7. The lowest BCUT2D eigenvalue weighted by molar-refractivity contribution is 0.0690. The predicted molar refractivity (Wildman–Crippen MR) is 80.0 cm³/mol. The Morgan fingerprint density at radius 2 is 1.90 bits per heavy atom. The molecule has 1 aromatic carbocycles. The normalized spacial score (nSPS) is 10.2. The molecule has 0 unspecified atom stereocenters. The molecular weight excluding hydrogens is 254 g/mol. The van der Waals surface area contributed by atoms with Gasteiger partial charge in [0, 0.05) is 37.4 Å². The molecule has 5 heteroatoms. The lowest BCUT2D eigenvalue weighted by Crippen LogP contribution is -2.10. The summed E-state index contributed by atoms with van der Waals surface area (Å²) in [6.45, 7) is 2.05. The first-order valence-electron chi connectivity index (χ1n) is 6.21. The van der Waals surface area contributed by atoms with Gasteiger partial charge in [-0.1, -0.05) is 6.07 Å². The Bertz CT molecular complexity index is 639. The van der Waals surface area contributed by atoms with Gasteiger partial charge in [0.05, 0.1) is 0 Å². The van der Waals surface area contributed by atoms with E-state index in [0.717, 1.165) is 11.4 Å². The van der Waals surface area contributed by atoms with Gasteiger partial charge in [0.2, 0.25) is 0 Å². The topological polar surface area (TPSA) is 65.5 Å². The van der Waals surface area contributed by atoms with Gasteiger partial charge in [-0.15, -0.1) is 0 Å². The van der Waals surface area contributed by atoms with E-state index in [1.165, 1.54) is 17.8 Å². The quantitative estimate of drug-likeness (QED) is 0.895. The number of aromatic carboxylic acids is 1. The molecule has 0 saturated carbocycles. The highest BCUT2D eigenvalue weighted by Crippen LogP contribution is 2.25. The number of aryl methyl sites for hydroxylation is 1. The van der Waals surface area contributed by atoms with Gasteiger partial charge in [0.15, 0.2) is 0 Å². The van der Waals surface area contributed by atoms with E-state index in [2.05, 4.69) is 10.3 Å². The number of rotatable bonds is 4. The molecule has 5 nitrogen and oxygen atoms in total. The third-order valence-electron chi connectivity index (χ3n) is 2.96. The zero-order valence-corrected chi connectivity index (χ0v) is 11.7. The summed E-state index contributed by atoms with van der Waals surface area (Å²) in [5.74, 6) is -1.04. The second-order valence-electron chi connectivity index (χ2n) is 4.76. The average molecular weight is 271 g/mol. The molecule has 0 spiro atoms. The highest BCUT2D eigenvalue weighted by molar-refractivity contribution is 5.86. The van der Waals surface area contributed by atoms with Crippen LogP contribution in [0.4, 0.5) is 17.1 Å². The van der Waals surface area contributed by atoms with Crippen molar-refractivity contribution in [1.29, 1.82) is 0 Å². The van der Waals surface area contributed by atoms with Crippen molar-refractivity contribution in [3.63, 3.8) is 0 Å². The van der Waals surface area contributed by atoms with Crippen LogP contribution in [0.5, 0.6) is 0 Å². The standard InChI is InChI=1S/C15H17N3O2/c1-10-4-5-11(9-14(10)18(2)3)17-12-6-7-16-13(8-12)15(19)20/h4-9H,1-3H3,(H,16,17)(H,19,20). The number of hydrogen-bond acceptors (Lipinski definition) is 4. The van der Waals surface area contributed by atoms with Crippen LogP contribution in [0.1, 0.15) is 16.1 Å². The molecule has 0 saturated heterocycles. The first-order valence-corrected chi connectivity index (χ1v) is 6.21. The lowest BCUT2D eigenvalue weighted by atomic mass is 10.1. The van der Waals surface area contributed by atoms with Crippen LogP contribution in [0.15, 0.2) is 36.5 Å². The van der Waals surface area contributed by atoms with E-state index in [1.54, 1.807) is 6.07 Å². The van der Waals surface area contributed by atoms with Crippen LogP contribution in [-0.4, -0.2) is 30.2 Å². The predicted octanol–water partition coefficient (Wildman–Crippen LogP) is 2.90. The Morgan fingerprint density at radius 3 is 2.55 bits per heavy atom. The molecule has 0 atom stereocenters. The highest BCUT2D eigenvalue weighted by atomic mass is 16.4. The molecule has 1 aromatic heterocycles. The van der Waals surface area contributed by atoms with Crippen molar-refractivity contribution in [2.45, 2.75) is 6.92 Å². The molecule has 0 fully saturated rings. The fourth-order valence-electron chi connectivity index (χ4n) is 1.96. The van der Waals surface area contributed by atoms with Gasteiger partial charge < -0.3 is 15.3 Å². The minimum Gasteiger partial charge on any atom is -0.477 e. The summed E-state index contributed by atoms with van der Waals surface area (Å²) in [6, 6.07) is 9.26. The molecule has 2 N–H and O–H groups in total. The van der Waals surface area contributed by atoms with Gasteiger partial charge in [-0.2, -0.15) is 0 Å². The van der Waals surface area contributed by atoms with Crippen molar-refractivity contribution >= 4 is 23.0 Å². The Labute approximate surface area is 117 Å². The van der Waals surface area contributed by atoms with Crippen LogP contribution in [0.25, 0.3) is 0 Å². The van der Waals surface area contributed by atoms with Gasteiger partial charge >= 0.3 is 5.97 Å². The maximum absolute atomic E-state index is 10.9. The van der Waals surface area contributed by atoms with Crippen molar-refractivity contribution in [2.75, 3.05) is 24.3 Å². The maximum atomic E-state index is 10.9. The van der Waals surface area contributed by atoms with Crippen molar-refractivity contribution < 1.29 is 9.90 Å². The van der Waals surface area contributed by atoms with Crippen LogP contribution in [-0.2, 0) is 0 Å². The third-order valence-corrected chi connectivity index (χ3v) is 2.96. The number of hydrogen-bond donors (Lipinski definition) is 2. The highest BCUT2D eigenvalue weighted by Gasteiger charge is 2.06. The number of pyridine rings is 1. The number of carboxylic acid groups (broad SMARTS) is 1. The first kappa shape index (κ1) is 13.9. The molecule has 0 aliphatic carbocycles. The van der Waals surface area contributed by atoms with Gasteiger partial charge in [0.1, 0.15) is 5.69 Å². The van der Waals surface area contributed by atoms with Crippen LogP contribution in [0, 0.1) is 6.92 Å². The van der Waals surface area contributed by atoms with Gasteiger partial charge in [-0.3, -0.25) is 0 Å². The largest absolute Gasteiger partial charge is 0.477 e. The van der Waals surface area contributed by atoms with Crippen LogP contribution < -0.4 is 10.2 Å². The number of nitrogens with one attached hydrogen (secondary N) is 1. The van der Waals surface area contributed by atoms with E-state index in [4.69, 9.17) is 5.11 Å². The third kappa shape index (κ3) is 3.06. The average Bonchev–Trinajstić information content (AvgIpc) is 2.41. The number of carbonyl (C=O) groups is 1. The van der Waals surface area contributed by atoms with Crippen LogP contribution in [0.3, 0.4) is 0 Å². The SMILES string of the molecule is Cc1ccc(Nc2ccnc(C(=O)O)c2)cc1N(C)C. The summed E-state index contributed by atoms with van der Waals surface area (Å²) < 4.78 is 0. The maximum Gasteiger partial charge on any atom is 0.354 e. The zero-order valence-electron chi connectivity index (χ0n) is 11.7. The first-order chi connectivity index (χ1) is 9.47. The number of nitrogens with zero attached hydrogens (tertiary/aromatic N) is 2. The second kappa shape index (κ2) is 5.61. The second-order valence-corrected chi connectivity index (χ2v) is 4.76. The number of carboxylic acids is 1. The Balaban J connectivity index is 2.28. The number of benzene rings is 1. The fraction of sp³-hybridized carbons (Fsp3) is 0.200. The molecule has 1 heterocycles. The van der Waals surface area contributed by atoms with Gasteiger partial charge in [-0.25, -0.2) is 9.78 Å². The molecule has 2 aromatic rings. The molecule has 0 aliphatic rings. The lowest BCUT2D eigenvalue weighted by Gasteiger charge is -2.17. The number of aromatic nitrogens is 1. The molecule has 2 rings (SSSR count). The van der Waals surface area contributed by atoms with Crippen LogP contribution in [0.2, 0.25) is 0 Å². The van der Waals surface area contributed by atoms with E-state index in [9.17, 15) is 4.79 Å². The summed E-state index contributed by atoms with van der Waals surface area (Å²) in [5, 5.41) is 12.1. The molecule has 104 valence electrons. The van der Waals surface area contributed by atoms with E-state index in [0.29, 0.717) is 5.69 Å². The summed E-state index contributed by atoms with van der Waals surface area (Å²) in [7, 11) is 3.97. The Hall–Kier alpha value is -2.56. The smallest absolute Gasteiger partial charge is 0.354 e. The van der Waals surface area contributed by atoms with Gasteiger partial charge in [-0.05, 0) is 36.8 Å². The minimum atomic E-state index is -1.04. The summed E-state index contributed by atoms with van der Waals surface area (Å²) in [6.07, 6.45) is 1.48.